The topological polar surface area (TPSA) is 120 Å². The Balaban J connectivity index is 1.69. The molecule has 3 N–H and O–H groups in total. The minimum atomic E-state index is -0.792. The monoisotopic (exact) mass is 338 g/mol. The Morgan fingerprint density at radius 1 is 1.30 bits per heavy atom. The summed E-state index contributed by atoms with van der Waals surface area (Å²) in [6.07, 6.45) is -0.269. The molecular formula is C12H8F2N6O2S. The first-order valence-corrected chi connectivity index (χ1v) is 7.00. The van der Waals surface area contributed by atoms with Crippen molar-refractivity contribution in [2.75, 3.05) is 11.1 Å². The minimum Gasteiger partial charge on any atom is -0.379 e. The maximum atomic E-state index is 13.5. The fraction of sp³-hybridized carbons (Fsp3) is 0.0833. The Morgan fingerprint density at radius 2 is 2.13 bits per heavy atom. The summed E-state index contributed by atoms with van der Waals surface area (Å²) < 4.78 is 30.8. The van der Waals surface area contributed by atoms with Crippen LogP contribution in [0.3, 0.4) is 0 Å². The number of nitrogens with one attached hydrogen (secondary N) is 1. The molecule has 1 aromatic carbocycles. The molecule has 3 aromatic rings. The van der Waals surface area contributed by atoms with Crippen LogP contribution in [-0.2, 0) is 11.2 Å². The Labute approximate surface area is 131 Å². The van der Waals surface area contributed by atoms with Crippen molar-refractivity contribution in [1.29, 1.82) is 0 Å². The van der Waals surface area contributed by atoms with Crippen LogP contribution in [0.15, 0.2) is 22.8 Å². The van der Waals surface area contributed by atoms with Crippen molar-refractivity contribution in [1.82, 2.24) is 20.5 Å². The molecule has 0 bridgehead atoms. The second-order valence-electron chi connectivity index (χ2n) is 4.37. The third-order valence-electron chi connectivity index (χ3n) is 2.75. The number of benzene rings is 1. The van der Waals surface area contributed by atoms with Crippen molar-refractivity contribution in [3.63, 3.8) is 0 Å². The first kappa shape index (κ1) is 15.0. The summed E-state index contributed by atoms with van der Waals surface area (Å²) in [4.78, 5) is 11.9. The van der Waals surface area contributed by atoms with Crippen LogP contribution in [0.4, 0.5) is 19.7 Å². The third kappa shape index (κ3) is 3.29. The second-order valence-corrected chi connectivity index (χ2v) is 5.35. The number of hydrogen-bond acceptors (Lipinski definition) is 8. The van der Waals surface area contributed by atoms with Crippen LogP contribution >= 0.6 is 11.3 Å². The first-order chi connectivity index (χ1) is 11.0. The summed E-state index contributed by atoms with van der Waals surface area (Å²) in [7, 11) is 0. The molecule has 2 aromatic heterocycles. The van der Waals surface area contributed by atoms with Crippen LogP contribution in [-0.4, -0.2) is 26.4 Å². The Kier molecular flexibility index (Phi) is 3.93. The number of amides is 1. The second kappa shape index (κ2) is 6.04. The molecule has 0 aliphatic rings. The van der Waals surface area contributed by atoms with E-state index in [1.165, 1.54) is 6.07 Å². The highest BCUT2D eigenvalue weighted by molar-refractivity contribution is 7.18. The van der Waals surface area contributed by atoms with E-state index in [4.69, 9.17) is 5.73 Å². The summed E-state index contributed by atoms with van der Waals surface area (Å²) in [5.74, 6) is -1.98. The number of nitrogens with zero attached hydrogens (tertiary/aromatic N) is 4. The van der Waals surface area contributed by atoms with E-state index < -0.39 is 17.5 Å². The smallest absolute Gasteiger partial charge is 0.230 e. The Bertz CT molecular complexity index is 865. The van der Waals surface area contributed by atoms with Gasteiger partial charge >= 0.3 is 0 Å². The number of rotatable bonds is 4. The normalized spacial score (nSPS) is 10.7. The average Bonchev–Trinajstić information content (AvgIpc) is 3.10. The van der Waals surface area contributed by atoms with Gasteiger partial charge in [0.15, 0.2) is 16.5 Å². The van der Waals surface area contributed by atoms with Gasteiger partial charge in [0, 0.05) is 6.07 Å². The molecule has 0 aliphatic carbocycles. The predicted molar refractivity (Wildman–Crippen MR) is 76.3 cm³/mol. The molecule has 23 heavy (non-hydrogen) atoms. The van der Waals surface area contributed by atoms with Crippen LogP contribution in [0.2, 0.25) is 0 Å². The standard InChI is InChI=1S/C12H8F2N6O2S/c13-6-2-1-5(7(14)4-6)3-8(21)16-12-18-17-11(23-12)9-10(15)20-22-19-9/h1-2,4H,3H2,(H2,15,20)(H,16,18,21). The number of nitrogens with two attached hydrogens (primary N) is 1. The van der Waals surface area contributed by atoms with Crippen LogP contribution in [0, 0.1) is 11.6 Å². The van der Waals surface area contributed by atoms with Gasteiger partial charge in [-0.15, -0.1) is 10.2 Å². The summed E-state index contributed by atoms with van der Waals surface area (Å²) in [5.41, 5.74) is 5.81. The maximum absolute atomic E-state index is 13.5. The van der Waals surface area contributed by atoms with E-state index >= 15 is 0 Å². The highest BCUT2D eigenvalue weighted by Gasteiger charge is 2.16. The molecular weight excluding hydrogens is 330 g/mol. The molecule has 0 saturated heterocycles. The van der Waals surface area contributed by atoms with Crippen LogP contribution in [0.25, 0.3) is 10.7 Å². The van der Waals surface area contributed by atoms with Gasteiger partial charge in [-0.25, -0.2) is 13.4 Å². The molecule has 0 fully saturated rings. The molecule has 118 valence electrons. The number of aromatic nitrogens is 4. The summed E-state index contributed by atoms with van der Waals surface area (Å²) in [6.45, 7) is 0. The van der Waals surface area contributed by atoms with Gasteiger partial charge in [-0.05, 0) is 21.9 Å². The van der Waals surface area contributed by atoms with Gasteiger partial charge in [0.2, 0.25) is 11.0 Å². The molecule has 11 heteroatoms. The van der Waals surface area contributed by atoms with E-state index in [9.17, 15) is 13.6 Å². The van der Waals surface area contributed by atoms with Gasteiger partial charge in [0.05, 0.1) is 6.42 Å². The number of halogens is 2. The predicted octanol–water partition coefficient (Wildman–Crippen LogP) is 1.63. The highest BCUT2D eigenvalue weighted by Crippen LogP contribution is 2.27. The fourth-order valence-electron chi connectivity index (χ4n) is 1.71. The van der Waals surface area contributed by atoms with Gasteiger partial charge in [-0.3, -0.25) is 4.79 Å². The number of hydrogen-bond donors (Lipinski definition) is 2. The zero-order valence-electron chi connectivity index (χ0n) is 11.3. The van der Waals surface area contributed by atoms with Crippen molar-refractivity contribution in [3.05, 3.63) is 35.4 Å². The van der Waals surface area contributed by atoms with Gasteiger partial charge < -0.3 is 11.1 Å². The zero-order valence-corrected chi connectivity index (χ0v) is 12.1. The van der Waals surface area contributed by atoms with Gasteiger partial charge in [-0.1, -0.05) is 17.4 Å². The molecule has 3 rings (SSSR count). The molecule has 2 heterocycles. The van der Waals surface area contributed by atoms with Crippen LogP contribution in [0.5, 0.6) is 0 Å². The van der Waals surface area contributed by atoms with Crippen molar-refractivity contribution in [2.24, 2.45) is 0 Å². The summed E-state index contributed by atoms with van der Waals surface area (Å²) >= 11 is 1.000. The number of carbonyl (C=O) groups excluding carboxylic acids is 1. The van der Waals surface area contributed by atoms with Crippen molar-refractivity contribution in [2.45, 2.75) is 6.42 Å². The molecule has 8 nitrogen and oxygen atoms in total. The third-order valence-corrected chi connectivity index (χ3v) is 3.60. The minimum absolute atomic E-state index is 0.0485. The quantitative estimate of drug-likeness (QED) is 0.742. The zero-order chi connectivity index (χ0) is 16.4. The van der Waals surface area contributed by atoms with E-state index in [1.54, 1.807) is 0 Å². The summed E-state index contributed by atoms with van der Waals surface area (Å²) in [6, 6.07) is 3.00. The first-order valence-electron chi connectivity index (χ1n) is 6.18. The average molecular weight is 338 g/mol. The van der Waals surface area contributed by atoms with Crippen molar-refractivity contribution in [3.8, 4) is 10.7 Å². The lowest BCUT2D eigenvalue weighted by Gasteiger charge is -2.03. The van der Waals surface area contributed by atoms with Gasteiger partial charge in [0.1, 0.15) is 11.6 Å². The lowest BCUT2D eigenvalue weighted by atomic mass is 10.1. The van der Waals surface area contributed by atoms with Gasteiger partial charge in [-0.2, -0.15) is 0 Å². The molecule has 0 atom stereocenters. The maximum Gasteiger partial charge on any atom is 0.230 e. The van der Waals surface area contributed by atoms with Crippen molar-refractivity contribution < 1.29 is 18.2 Å². The molecule has 0 unspecified atom stereocenters. The lowest BCUT2D eigenvalue weighted by Crippen LogP contribution is -2.15. The largest absolute Gasteiger partial charge is 0.379 e. The molecule has 1 amide bonds. The Hall–Kier alpha value is -2.95. The highest BCUT2D eigenvalue weighted by atomic mass is 32.1. The van der Waals surface area contributed by atoms with E-state index in [0.29, 0.717) is 11.1 Å². The summed E-state index contributed by atoms with van der Waals surface area (Å²) in [5, 5.41) is 17.5. The van der Waals surface area contributed by atoms with Gasteiger partial charge in [0.25, 0.3) is 0 Å². The van der Waals surface area contributed by atoms with E-state index in [-0.39, 0.29) is 28.6 Å². The molecule has 0 spiro atoms. The number of carbonyl (C=O) groups is 1. The SMILES string of the molecule is Nc1nonc1-c1nnc(NC(=O)Cc2ccc(F)cc2F)s1. The lowest BCUT2D eigenvalue weighted by molar-refractivity contribution is -0.115. The van der Waals surface area contributed by atoms with E-state index in [2.05, 4.69) is 30.5 Å². The van der Waals surface area contributed by atoms with E-state index in [1.807, 2.05) is 0 Å². The number of anilines is 2. The van der Waals surface area contributed by atoms with Crippen LogP contribution < -0.4 is 11.1 Å². The molecule has 0 saturated carbocycles. The molecule has 0 radical (unpaired) electrons. The van der Waals surface area contributed by atoms with E-state index in [0.717, 1.165) is 17.4 Å². The number of nitrogen functional groups attached to an aromatic ring is 1. The Morgan fingerprint density at radius 3 is 2.83 bits per heavy atom. The van der Waals surface area contributed by atoms with Crippen molar-refractivity contribution >= 4 is 28.2 Å². The fourth-order valence-corrected chi connectivity index (χ4v) is 2.46. The van der Waals surface area contributed by atoms with Crippen LogP contribution in [0.1, 0.15) is 5.56 Å². The molecule has 0 aliphatic heterocycles.